The summed E-state index contributed by atoms with van der Waals surface area (Å²) in [5.74, 6) is 0. The highest BCUT2D eigenvalue weighted by Gasteiger charge is 2.06. The van der Waals surface area contributed by atoms with Crippen LogP contribution >= 0.6 is 0 Å². The van der Waals surface area contributed by atoms with Gasteiger partial charge >= 0.3 is 0 Å². The van der Waals surface area contributed by atoms with Gasteiger partial charge < -0.3 is 5.73 Å². The number of aromatic amines is 1. The number of benzene rings is 1. The lowest BCUT2D eigenvalue weighted by Gasteiger charge is -1.99. The number of nitrogen functional groups attached to an aromatic ring is 1. The highest BCUT2D eigenvalue weighted by atomic mass is 15.1. The molecule has 0 radical (unpaired) electrons. The standard InChI is InChI=1S/C10H8N4/c11-5-8-6-13-14-10(8)7-2-1-3-9(12)4-7/h1-4,6H,12H2,(H,13,14). The van der Waals surface area contributed by atoms with Crippen molar-refractivity contribution in [2.75, 3.05) is 5.73 Å². The van der Waals surface area contributed by atoms with Crippen molar-refractivity contribution < 1.29 is 0 Å². The molecule has 2 rings (SSSR count). The van der Waals surface area contributed by atoms with E-state index in [1.54, 1.807) is 12.1 Å². The minimum Gasteiger partial charge on any atom is -0.399 e. The molecule has 0 unspecified atom stereocenters. The van der Waals surface area contributed by atoms with Gasteiger partial charge in [0.05, 0.1) is 17.5 Å². The van der Waals surface area contributed by atoms with E-state index >= 15 is 0 Å². The Morgan fingerprint density at radius 3 is 3.00 bits per heavy atom. The van der Waals surface area contributed by atoms with E-state index in [0.717, 1.165) is 5.56 Å². The third-order valence-electron chi connectivity index (χ3n) is 1.94. The summed E-state index contributed by atoms with van der Waals surface area (Å²) in [4.78, 5) is 0. The molecule has 0 aliphatic heterocycles. The summed E-state index contributed by atoms with van der Waals surface area (Å²) >= 11 is 0. The Labute approximate surface area is 81.0 Å². The maximum atomic E-state index is 8.80. The van der Waals surface area contributed by atoms with E-state index in [0.29, 0.717) is 16.9 Å². The molecule has 0 aliphatic carbocycles. The van der Waals surface area contributed by atoms with Gasteiger partial charge in [0, 0.05) is 11.3 Å². The number of hydrogen-bond donors (Lipinski definition) is 2. The second-order valence-corrected chi connectivity index (χ2v) is 2.90. The Hall–Kier alpha value is -2.28. The predicted molar refractivity (Wildman–Crippen MR) is 53.2 cm³/mol. The first-order valence-corrected chi connectivity index (χ1v) is 4.10. The lowest BCUT2D eigenvalue weighted by atomic mass is 10.1. The first-order chi connectivity index (χ1) is 6.81. The van der Waals surface area contributed by atoms with E-state index in [1.807, 2.05) is 12.1 Å². The van der Waals surface area contributed by atoms with E-state index < -0.39 is 0 Å². The lowest BCUT2D eigenvalue weighted by molar-refractivity contribution is 1.10. The summed E-state index contributed by atoms with van der Waals surface area (Å²) in [5.41, 5.74) is 8.41. The Morgan fingerprint density at radius 1 is 1.43 bits per heavy atom. The molecule has 14 heavy (non-hydrogen) atoms. The summed E-state index contributed by atoms with van der Waals surface area (Å²) in [7, 11) is 0. The summed E-state index contributed by atoms with van der Waals surface area (Å²) in [5, 5.41) is 15.4. The van der Waals surface area contributed by atoms with Crippen LogP contribution in [0.5, 0.6) is 0 Å². The highest BCUT2D eigenvalue weighted by Crippen LogP contribution is 2.21. The molecule has 0 spiro atoms. The van der Waals surface area contributed by atoms with Gasteiger partial charge in [0.25, 0.3) is 0 Å². The van der Waals surface area contributed by atoms with Crippen LogP contribution < -0.4 is 5.73 Å². The smallest absolute Gasteiger partial charge is 0.103 e. The topological polar surface area (TPSA) is 78.5 Å². The van der Waals surface area contributed by atoms with Gasteiger partial charge in [-0.15, -0.1) is 0 Å². The van der Waals surface area contributed by atoms with Crippen molar-refractivity contribution >= 4 is 5.69 Å². The second-order valence-electron chi connectivity index (χ2n) is 2.90. The highest BCUT2D eigenvalue weighted by molar-refractivity contribution is 5.68. The van der Waals surface area contributed by atoms with Crippen LogP contribution in [0.1, 0.15) is 5.56 Å². The molecule has 0 saturated heterocycles. The minimum atomic E-state index is 0.524. The average Bonchev–Trinajstić information content (AvgIpc) is 2.65. The van der Waals surface area contributed by atoms with E-state index in [9.17, 15) is 0 Å². The van der Waals surface area contributed by atoms with Crippen LogP contribution in [0, 0.1) is 11.3 Å². The molecule has 4 heteroatoms. The quantitative estimate of drug-likeness (QED) is 0.659. The number of anilines is 1. The molecular formula is C10H8N4. The van der Waals surface area contributed by atoms with E-state index in [4.69, 9.17) is 11.0 Å². The molecule has 0 aliphatic rings. The van der Waals surface area contributed by atoms with Crippen LogP contribution in [0.25, 0.3) is 11.3 Å². The van der Waals surface area contributed by atoms with Crippen LogP contribution in [0.2, 0.25) is 0 Å². The number of nitrogens with zero attached hydrogens (tertiary/aromatic N) is 2. The van der Waals surface area contributed by atoms with Gasteiger partial charge in [-0.05, 0) is 12.1 Å². The predicted octanol–water partition coefficient (Wildman–Crippen LogP) is 1.53. The largest absolute Gasteiger partial charge is 0.399 e. The Balaban J connectivity index is 2.56. The van der Waals surface area contributed by atoms with Crippen molar-refractivity contribution in [1.82, 2.24) is 10.2 Å². The van der Waals surface area contributed by atoms with Crippen LogP contribution in [0.15, 0.2) is 30.5 Å². The number of nitrogens with two attached hydrogens (primary N) is 1. The van der Waals surface area contributed by atoms with E-state index in [2.05, 4.69) is 16.3 Å². The van der Waals surface area contributed by atoms with Crippen molar-refractivity contribution in [2.24, 2.45) is 0 Å². The molecule has 1 aromatic carbocycles. The Morgan fingerprint density at radius 2 is 2.29 bits per heavy atom. The Kier molecular flexibility index (Phi) is 1.92. The first-order valence-electron chi connectivity index (χ1n) is 4.10. The zero-order chi connectivity index (χ0) is 9.97. The SMILES string of the molecule is N#Cc1cn[nH]c1-c1cccc(N)c1. The fourth-order valence-electron chi connectivity index (χ4n) is 1.29. The third kappa shape index (κ3) is 1.31. The van der Waals surface area contributed by atoms with Gasteiger partial charge in [-0.3, -0.25) is 5.10 Å². The zero-order valence-electron chi connectivity index (χ0n) is 7.36. The van der Waals surface area contributed by atoms with Crippen molar-refractivity contribution in [3.05, 3.63) is 36.0 Å². The maximum Gasteiger partial charge on any atom is 0.103 e. The van der Waals surface area contributed by atoms with E-state index in [-0.39, 0.29) is 0 Å². The minimum absolute atomic E-state index is 0.524. The lowest BCUT2D eigenvalue weighted by Crippen LogP contribution is -1.86. The monoisotopic (exact) mass is 184 g/mol. The van der Waals surface area contributed by atoms with Gasteiger partial charge in [-0.25, -0.2) is 0 Å². The molecule has 0 atom stereocenters. The number of nitrogens with one attached hydrogen (secondary N) is 1. The molecule has 0 amide bonds. The average molecular weight is 184 g/mol. The maximum absolute atomic E-state index is 8.80. The molecule has 1 aromatic heterocycles. The van der Waals surface area contributed by atoms with Gasteiger partial charge in [0.15, 0.2) is 0 Å². The third-order valence-corrected chi connectivity index (χ3v) is 1.94. The van der Waals surface area contributed by atoms with Crippen LogP contribution in [-0.4, -0.2) is 10.2 Å². The summed E-state index contributed by atoms with van der Waals surface area (Å²) in [6.07, 6.45) is 1.50. The van der Waals surface area contributed by atoms with Gasteiger partial charge in [0.2, 0.25) is 0 Å². The number of rotatable bonds is 1. The van der Waals surface area contributed by atoms with Gasteiger partial charge in [-0.2, -0.15) is 10.4 Å². The number of H-pyrrole nitrogens is 1. The molecule has 4 nitrogen and oxygen atoms in total. The molecule has 0 fully saturated rings. The summed E-state index contributed by atoms with van der Waals surface area (Å²) in [6, 6.07) is 9.38. The zero-order valence-corrected chi connectivity index (χ0v) is 7.36. The molecule has 0 bridgehead atoms. The van der Waals surface area contributed by atoms with Crippen molar-refractivity contribution in [3.63, 3.8) is 0 Å². The van der Waals surface area contributed by atoms with E-state index in [1.165, 1.54) is 6.20 Å². The second kappa shape index (κ2) is 3.23. The molecular weight excluding hydrogens is 176 g/mol. The normalized spacial score (nSPS) is 9.64. The van der Waals surface area contributed by atoms with Crippen molar-refractivity contribution in [2.45, 2.75) is 0 Å². The van der Waals surface area contributed by atoms with Gasteiger partial charge in [0.1, 0.15) is 6.07 Å². The number of nitriles is 1. The van der Waals surface area contributed by atoms with Crippen molar-refractivity contribution in [3.8, 4) is 17.3 Å². The summed E-state index contributed by atoms with van der Waals surface area (Å²) < 4.78 is 0. The Bertz CT molecular complexity index is 493. The number of aromatic nitrogens is 2. The fraction of sp³-hybridized carbons (Fsp3) is 0. The van der Waals surface area contributed by atoms with Crippen LogP contribution in [0.3, 0.4) is 0 Å². The first kappa shape index (κ1) is 8.32. The molecule has 68 valence electrons. The van der Waals surface area contributed by atoms with Crippen LogP contribution in [0.4, 0.5) is 5.69 Å². The summed E-state index contributed by atoms with van der Waals surface area (Å²) in [6.45, 7) is 0. The van der Waals surface area contributed by atoms with Gasteiger partial charge in [-0.1, -0.05) is 12.1 Å². The molecule has 1 heterocycles. The van der Waals surface area contributed by atoms with Crippen molar-refractivity contribution in [1.29, 1.82) is 5.26 Å². The molecule has 2 aromatic rings. The fourth-order valence-corrected chi connectivity index (χ4v) is 1.29. The molecule has 0 saturated carbocycles. The molecule has 3 N–H and O–H groups in total. The van der Waals surface area contributed by atoms with Crippen LogP contribution in [-0.2, 0) is 0 Å². The number of hydrogen-bond acceptors (Lipinski definition) is 3.